The molecule has 2 aromatic carbocycles. The highest BCUT2D eigenvalue weighted by Crippen LogP contribution is 2.22. The number of rotatable bonds is 5. The zero-order chi connectivity index (χ0) is 20.6. The van der Waals surface area contributed by atoms with Gasteiger partial charge in [0.05, 0.1) is 6.61 Å². The van der Waals surface area contributed by atoms with Crippen molar-refractivity contribution in [3.05, 3.63) is 71.3 Å². The minimum Gasteiger partial charge on any atom is -0.465 e. The Morgan fingerprint density at radius 3 is 2.48 bits per heavy atom. The van der Waals surface area contributed by atoms with Crippen LogP contribution >= 0.6 is 0 Å². The van der Waals surface area contributed by atoms with E-state index in [4.69, 9.17) is 4.74 Å². The van der Waals surface area contributed by atoms with E-state index in [2.05, 4.69) is 54.1 Å². The summed E-state index contributed by atoms with van der Waals surface area (Å²) < 4.78 is 5.97. The van der Waals surface area contributed by atoms with Gasteiger partial charge >= 0.3 is 0 Å². The third kappa shape index (κ3) is 6.45. The molecule has 2 aromatic rings. The Bertz CT molecular complexity index is 822. The van der Waals surface area contributed by atoms with Crippen molar-refractivity contribution in [1.82, 2.24) is 4.90 Å². The normalized spacial score (nSPS) is 15.6. The number of carbonyl (C=O) groups is 1. The van der Waals surface area contributed by atoms with E-state index in [9.17, 15) is 4.79 Å². The third-order valence-electron chi connectivity index (χ3n) is 5.26. The molecule has 4 heteroatoms. The zero-order valence-electron chi connectivity index (χ0n) is 17.8. The summed E-state index contributed by atoms with van der Waals surface area (Å²) in [4.78, 5) is 19.2. The van der Waals surface area contributed by atoms with Gasteiger partial charge in [0.25, 0.3) is 11.9 Å². The standard InChI is InChI=1S/C25H32N2O2/c1-19(2)18-29-25(26-24(28)23-11-7-8-20(3)16-23)27-14-12-22(13-15-27)17-21-9-5-4-6-10-21/h4-11,16,19,22H,12-15,17-18H2,1-3H3. The van der Waals surface area contributed by atoms with Gasteiger partial charge in [-0.1, -0.05) is 61.9 Å². The molecule has 29 heavy (non-hydrogen) atoms. The molecule has 0 unspecified atom stereocenters. The van der Waals surface area contributed by atoms with Gasteiger partial charge in [0.2, 0.25) is 0 Å². The molecule has 0 bridgehead atoms. The van der Waals surface area contributed by atoms with Gasteiger partial charge in [0, 0.05) is 18.7 Å². The van der Waals surface area contributed by atoms with E-state index < -0.39 is 0 Å². The van der Waals surface area contributed by atoms with Crippen LogP contribution in [-0.2, 0) is 11.2 Å². The number of carbonyl (C=O) groups excluding carboxylic acids is 1. The van der Waals surface area contributed by atoms with Gasteiger partial charge in [-0.2, -0.15) is 4.99 Å². The summed E-state index contributed by atoms with van der Waals surface area (Å²) in [6.07, 6.45) is 3.27. The number of ether oxygens (including phenoxy) is 1. The predicted octanol–water partition coefficient (Wildman–Crippen LogP) is 5.12. The molecule has 4 nitrogen and oxygen atoms in total. The number of nitrogens with zero attached hydrogens (tertiary/aromatic N) is 2. The van der Waals surface area contributed by atoms with Crippen LogP contribution in [0, 0.1) is 18.8 Å². The molecule has 0 N–H and O–H groups in total. The van der Waals surface area contributed by atoms with Crippen molar-refractivity contribution in [3.8, 4) is 0 Å². The first-order valence-electron chi connectivity index (χ1n) is 10.6. The van der Waals surface area contributed by atoms with Crippen molar-refractivity contribution in [2.45, 2.75) is 40.0 Å². The second-order valence-corrected chi connectivity index (χ2v) is 8.39. The van der Waals surface area contributed by atoms with E-state index in [1.807, 2.05) is 31.2 Å². The summed E-state index contributed by atoms with van der Waals surface area (Å²) in [6.45, 7) is 8.49. The van der Waals surface area contributed by atoms with Gasteiger partial charge in [-0.15, -0.1) is 0 Å². The molecule has 3 rings (SSSR count). The van der Waals surface area contributed by atoms with E-state index in [1.165, 1.54) is 5.56 Å². The second-order valence-electron chi connectivity index (χ2n) is 8.39. The quantitative estimate of drug-likeness (QED) is 0.524. The number of aryl methyl sites for hydroxylation is 1. The lowest BCUT2D eigenvalue weighted by Crippen LogP contribution is -2.41. The molecule has 1 fully saturated rings. The fraction of sp³-hybridized carbons (Fsp3) is 0.440. The summed E-state index contributed by atoms with van der Waals surface area (Å²) >= 11 is 0. The van der Waals surface area contributed by atoms with Crippen LogP contribution in [-0.4, -0.2) is 36.5 Å². The average molecular weight is 393 g/mol. The first-order valence-corrected chi connectivity index (χ1v) is 10.6. The van der Waals surface area contributed by atoms with Crippen molar-refractivity contribution in [3.63, 3.8) is 0 Å². The first-order chi connectivity index (χ1) is 14.0. The first kappa shape index (κ1) is 21.1. The molecule has 154 valence electrons. The Morgan fingerprint density at radius 1 is 1.10 bits per heavy atom. The molecule has 1 aliphatic rings. The summed E-state index contributed by atoms with van der Waals surface area (Å²) in [7, 11) is 0. The molecular formula is C25H32N2O2. The van der Waals surface area contributed by atoms with Gasteiger partial charge in [0.1, 0.15) is 0 Å². The van der Waals surface area contributed by atoms with Crippen molar-refractivity contribution >= 4 is 11.9 Å². The van der Waals surface area contributed by atoms with Crippen molar-refractivity contribution in [2.75, 3.05) is 19.7 Å². The van der Waals surface area contributed by atoms with Crippen molar-refractivity contribution in [1.29, 1.82) is 0 Å². The molecule has 0 aliphatic carbocycles. The van der Waals surface area contributed by atoms with Gasteiger partial charge in [-0.05, 0) is 55.7 Å². The fourth-order valence-corrected chi connectivity index (χ4v) is 3.64. The Hall–Kier alpha value is -2.62. The number of benzene rings is 2. The molecule has 0 radical (unpaired) electrons. The SMILES string of the molecule is Cc1cccc(C(=O)N=C(OCC(C)C)N2CCC(Cc3ccccc3)CC2)c1. The lowest BCUT2D eigenvalue weighted by Gasteiger charge is -2.33. The third-order valence-corrected chi connectivity index (χ3v) is 5.26. The maximum absolute atomic E-state index is 12.7. The fourth-order valence-electron chi connectivity index (χ4n) is 3.64. The van der Waals surface area contributed by atoms with Crippen LogP contribution in [0.5, 0.6) is 0 Å². The molecule has 0 atom stereocenters. The molecule has 0 saturated carbocycles. The highest BCUT2D eigenvalue weighted by Gasteiger charge is 2.24. The predicted molar refractivity (Wildman–Crippen MR) is 118 cm³/mol. The van der Waals surface area contributed by atoms with Crippen LogP contribution in [0.15, 0.2) is 59.6 Å². The molecular weight excluding hydrogens is 360 g/mol. The van der Waals surface area contributed by atoms with Crippen molar-refractivity contribution < 1.29 is 9.53 Å². The van der Waals surface area contributed by atoms with Crippen LogP contribution in [0.25, 0.3) is 0 Å². The van der Waals surface area contributed by atoms with E-state index in [-0.39, 0.29) is 5.91 Å². The topological polar surface area (TPSA) is 41.9 Å². The number of aliphatic imine (C=N–C) groups is 1. The van der Waals surface area contributed by atoms with Gasteiger partial charge in [-0.3, -0.25) is 4.79 Å². The van der Waals surface area contributed by atoms with Crippen LogP contribution in [0.1, 0.15) is 48.2 Å². The number of hydrogen-bond acceptors (Lipinski definition) is 2. The minimum absolute atomic E-state index is 0.237. The van der Waals surface area contributed by atoms with Gasteiger partial charge in [0.15, 0.2) is 0 Å². The van der Waals surface area contributed by atoms with Crippen LogP contribution < -0.4 is 0 Å². The second kappa shape index (κ2) is 10.2. The van der Waals surface area contributed by atoms with E-state index in [0.717, 1.165) is 37.9 Å². The molecule has 0 aromatic heterocycles. The number of piperidine rings is 1. The Kier molecular flexibility index (Phi) is 7.45. The summed E-state index contributed by atoms with van der Waals surface area (Å²) in [5.74, 6) is 0.802. The maximum atomic E-state index is 12.7. The monoisotopic (exact) mass is 392 g/mol. The molecule has 0 spiro atoms. The molecule has 1 amide bonds. The number of hydrogen-bond donors (Lipinski definition) is 0. The Labute approximate surface area is 174 Å². The summed E-state index contributed by atoms with van der Waals surface area (Å²) in [5.41, 5.74) is 3.05. The van der Waals surface area contributed by atoms with E-state index in [1.54, 1.807) is 0 Å². The lowest BCUT2D eigenvalue weighted by molar-refractivity contribution is 0.0988. The molecule has 1 saturated heterocycles. The smallest absolute Gasteiger partial charge is 0.295 e. The van der Waals surface area contributed by atoms with Crippen LogP contribution in [0.3, 0.4) is 0 Å². The minimum atomic E-state index is -0.237. The Balaban J connectivity index is 1.66. The Morgan fingerprint density at radius 2 is 1.83 bits per heavy atom. The highest BCUT2D eigenvalue weighted by molar-refractivity contribution is 6.01. The van der Waals surface area contributed by atoms with Crippen LogP contribution in [0.2, 0.25) is 0 Å². The highest BCUT2D eigenvalue weighted by atomic mass is 16.5. The average Bonchev–Trinajstić information content (AvgIpc) is 2.72. The van der Waals surface area contributed by atoms with E-state index in [0.29, 0.717) is 30.0 Å². The summed E-state index contributed by atoms with van der Waals surface area (Å²) in [6, 6.07) is 18.7. The van der Waals surface area contributed by atoms with Gasteiger partial charge in [-0.25, -0.2) is 0 Å². The number of amidine groups is 1. The maximum Gasteiger partial charge on any atom is 0.295 e. The number of amides is 1. The summed E-state index contributed by atoms with van der Waals surface area (Å²) in [5, 5.41) is 0. The van der Waals surface area contributed by atoms with E-state index >= 15 is 0 Å². The van der Waals surface area contributed by atoms with Crippen molar-refractivity contribution in [2.24, 2.45) is 16.8 Å². The zero-order valence-corrected chi connectivity index (χ0v) is 17.8. The molecule has 1 aliphatic heterocycles. The molecule has 1 heterocycles. The lowest BCUT2D eigenvalue weighted by atomic mass is 9.90. The largest absolute Gasteiger partial charge is 0.465 e. The number of likely N-dealkylation sites (tertiary alicyclic amines) is 1. The van der Waals surface area contributed by atoms with Crippen LogP contribution in [0.4, 0.5) is 0 Å². The van der Waals surface area contributed by atoms with Gasteiger partial charge < -0.3 is 9.64 Å².